The van der Waals surface area contributed by atoms with Gasteiger partial charge in [0.15, 0.2) is 0 Å². The highest BCUT2D eigenvalue weighted by molar-refractivity contribution is 7.90. The molecule has 0 saturated heterocycles. The lowest BCUT2D eigenvalue weighted by Gasteiger charge is -2.22. The van der Waals surface area contributed by atoms with Crippen LogP contribution in [0.25, 0.3) is 0 Å². The van der Waals surface area contributed by atoms with Crippen LogP contribution >= 0.6 is 0 Å². The summed E-state index contributed by atoms with van der Waals surface area (Å²) in [6.45, 7) is 0. The van der Waals surface area contributed by atoms with Crippen molar-refractivity contribution < 1.29 is 8.42 Å². The highest BCUT2D eigenvalue weighted by Gasteiger charge is 2.20. The van der Waals surface area contributed by atoms with E-state index < -0.39 is 10.2 Å². The highest BCUT2D eigenvalue weighted by Crippen LogP contribution is 2.15. The third-order valence-electron chi connectivity index (χ3n) is 1.86. The molecule has 0 N–H and O–H groups in total. The number of hydrogen-bond acceptors (Lipinski definition) is 2. The van der Waals surface area contributed by atoms with Crippen LogP contribution in [0.1, 0.15) is 0 Å². The van der Waals surface area contributed by atoms with Gasteiger partial charge in [0.2, 0.25) is 0 Å². The van der Waals surface area contributed by atoms with Crippen LogP contribution in [-0.4, -0.2) is 33.9 Å². The molecule has 0 aliphatic carbocycles. The van der Waals surface area contributed by atoms with Gasteiger partial charge in [-0.3, -0.25) is 4.31 Å². The molecule has 0 heterocycles. The first-order valence-electron chi connectivity index (χ1n) is 4.09. The normalized spacial score (nSPS) is 11.7. The van der Waals surface area contributed by atoms with Crippen molar-refractivity contribution >= 4 is 15.9 Å². The summed E-state index contributed by atoms with van der Waals surface area (Å²) in [5.41, 5.74) is 0.598. The van der Waals surface area contributed by atoms with E-state index in [2.05, 4.69) is 6.07 Å². The standard InChI is InChI=1S/C9H13N2O2S/c1-10(2)14(12,13)11(3)9-7-5-4-6-8-9/h4-5,7-8H,1-3H3. The Hall–Kier alpha value is -1.07. The second-order valence-corrected chi connectivity index (χ2v) is 5.19. The molecular weight excluding hydrogens is 200 g/mol. The molecule has 0 saturated carbocycles. The molecule has 1 rings (SSSR count). The lowest BCUT2D eigenvalue weighted by Crippen LogP contribution is -2.37. The van der Waals surface area contributed by atoms with E-state index in [0.29, 0.717) is 5.69 Å². The van der Waals surface area contributed by atoms with Crippen LogP contribution in [0, 0.1) is 6.07 Å². The van der Waals surface area contributed by atoms with Crippen LogP contribution in [0.4, 0.5) is 5.69 Å². The van der Waals surface area contributed by atoms with Gasteiger partial charge in [0.25, 0.3) is 0 Å². The van der Waals surface area contributed by atoms with Crippen molar-refractivity contribution in [1.29, 1.82) is 0 Å². The number of nitrogens with zero attached hydrogens (tertiary/aromatic N) is 2. The molecule has 0 unspecified atom stereocenters. The summed E-state index contributed by atoms with van der Waals surface area (Å²) in [6.07, 6.45) is 0. The van der Waals surface area contributed by atoms with Crippen molar-refractivity contribution in [3.05, 3.63) is 30.3 Å². The zero-order chi connectivity index (χ0) is 10.8. The highest BCUT2D eigenvalue weighted by atomic mass is 32.2. The van der Waals surface area contributed by atoms with E-state index >= 15 is 0 Å². The third kappa shape index (κ3) is 2.05. The van der Waals surface area contributed by atoms with Gasteiger partial charge in [0.05, 0.1) is 5.69 Å². The van der Waals surface area contributed by atoms with Gasteiger partial charge in [0.1, 0.15) is 0 Å². The van der Waals surface area contributed by atoms with E-state index in [1.54, 1.807) is 24.3 Å². The van der Waals surface area contributed by atoms with E-state index in [1.807, 2.05) is 0 Å². The van der Waals surface area contributed by atoms with Gasteiger partial charge in [0, 0.05) is 21.1 Å². The second-order valence-electron chi connectivity index (χ2n) is 3.02. The van der Waals surface area contributed by atoms with Crippen molar-refractivity contribution in [2.75, 3.05) is 25.4 Å². The van der Waals surface area contributed by atoms with Crippen molar-refractivity contribution in [2.45, 2.75) is 0 Å². The van der Waals surface area contributed by atoms with Crippen molar-refractivity contribution in [3.8, 4) is 0 Å². The van der Waals surface area contributed by atoms with Crippen LogP contribution in [0.15, 0.2) is 24.3 Å². The van der Waals surface area contributed by atoms with Crippen molar-refractivity contribution in [3.63, 3.8) is 0 Å². The van der Waals surface area contributed by atoms with Crippen molar-refractivity contribution in [2.24, 2.45) is 0 Å². The lowest BCUT2D eigenvalue weighted by molar-refractivity contribution is 0.519. The van der Waals surface area contributed by atoms with Crippen LogP contribution in [-0.2, 0) is 10.2 Å². The smallest absolute Gasteiger partial charge is 0.261 e. The lowest BCUT2D eigenvalue weighted by atomic mass is 10.3. The van der Waals surface area contributed by atoms with Gasteiger partial charge < -0.3 is 0 Å². The van der Waals surface area contributed by atoms with Gasteiger partial charge in [-0.05, 0) is 18.2 Å². The molecule has 1 aromatic rings. The molecule has 0 fully saturated rings. The Morgan fingerprint density at radius 3 is 2.36 bits per heavy atom. The molecule has 0 atom stereocenters. The SMILES string of the molecule is CN(C)S(=O)(=O)N(C)c1c[c]ccc1. The molecule has 0 aliphatic heterocycles. The maximum Gasteiger partial charge on any atom is 0.303 e. The first-order chi connectivity index (χ1) is 6.46. The number of benzene rings is 1. The molecule has 77 valence electrons. The Morgan fingerprint density at radius 1 is 1.29 bits per heavy atom. The molecule has 0 bridgehead atoms. The predicted octanol–water partition coefficient (Wildman–Crippen LogP) is 0.729. The molecular formula is C9H13N2O2S. The molecule has 14 heavy (non-hydrogen) atoms. The fourth-order valence-corrected chi connectivity index (χ4v) is 1.83. The quantitative estimate of drug-likeness (QED) is 0.742. The summed E-state index contributed by atoms with van der Waals surface area (Å²) >= 11 is 0. The van der Waals surface area contributed by atoms with Crippen LogP contribution in [0.3, 0.4) is 0 Å². The topological polar surface area (TPSA) is 40.6 Å². The molecule has 0 aromatic heterocycles. The molecule has 0 spiro atoms. The number of rotatable bonds is 3. The summed E-state index contributed by atoms with van der Waals surface area (Å²) in [7, 11) is 1.13. The van der Waals surface area contributed by atoms with Crippen LogP contribution in [0.5, 0.6) is 0 Å². The second kappa shape index (κ2) is 3.98. The minimum atomic E-state index is -3.38. The van der Waals surface area contributed by atoms with Crippen LogP contribution in [0.2, 0.25) is 0 Å². The fraction of sp³-hybridized carbons (Fsp3) is 0.333. The van der Waals surface area contributed by atoms with Gasteiger partial charge in [-0.2, -0.15) is 12.7 Å². The Bertz CT molecular complexity index is 387. The first-order valence-corrected chi connectivity index (χ1v) is 5.48. The fourth-order valence-electron chi connectivity index (χ4n) is 0.958. The van der Waals surface area contributed by atoms with E-state index in [4.69, 9.17) is 0 Å². The van der Waals surface area contributed by atoms with E-state index in [9.17, 15) is 8.42 Å². The molecule has 1 aromatic carbocycles. The Kier molecular flexibility index (Phi) is 3.13. The average Bonchev–Trinajstić information content (AvgIpc) is 2.17. The zero-order valence-corrected chi connectivity index (χ0v) is 9.25. The number of anilines is 1. The molecule has 4 nitrogen and oxygen atoms in total. The van der Waals surface area contributed by atoms with E-state index in [1.165, 1.54) is 29.8 Å². The third-order valence-corrected chi connectivity index (χ3v) is 3.69. The van der Waals surface area contributed by atoms with Gasteiger partial charge in [-0.1, -0.05) is 12.1 Å². The number of hydrogen-bond donors (Lipinski definition) is 0. The molecule has 1 radical (unpaired) electrons. The Morgan fingerprint density at radius 2 is 1.93 bits per heavy atom. The summed E-state index contributed by atoms with van der Waals surface area (Å²) in [5, 5.41) is 0. The Labute approximate surface area is 84.9 Å². The first kappa shape index (κ1) is 11.0. The summed E-state index contributed by atoms with van der Waals surface area (Å²) in [4.78, 5) is 0. The van der Waals surface area contributed by atoms with Crippen LogP contribution < -0.4 is 4.31 Å². The van der Waals surface area contributed by atoms with Gasteiger partial charge >= 0.3 is 10.2 Å². The zero-order valence-electron chi connectivity index (χ0n) is 8.43. The summed E-state index contributed by atoms with van der Waals surface area (Å²) in [6, 6.07) is 9.64. The molecule has 0 amide bonds. The molecule has 0 aliphatic rings. The van der Waals surface area contributed by atoms with E-state index in [0.717, 1.165) is 0 Å². The molecule has 5 heteroatoms. The van der Waals surface area contributed by atoms with E-state index in [-0.39, 0.29) is 0 Å². The largest absolute Gasteiger partial charge is 0.303 e. The summed E-state index contributed by atoms with van der Waals surface area (Å²) < 4.78 is 25.7. The summed E-state index contributed by atoms with van der Waals surface area (Å²) in [5.74, 6) is 0. The predicted molar refractivity (Wildman–Crippen MR) is 56.3 cm³/mol. The minimum Gasteiger partial charge on any atom is -0.261 e. The van der Waals surface area contributed by atoms with Crippen molar-refractivity contribution in [1.82, 2.24) is 4.31 Å². The monoisotopic (exact) mass is 213 g/mol. The maximum atomic E-state index is 11.7. The minimum absolute atomic E-state index is 0.598. The van der Waals surface area contributed by atoms with Gasteiger partial charge in [-0.25, -0.2) is 0 Å². The Balaban J connectivity index is 3.03. The average molecular weight is 213 g/mol. The van der Waals surface area contributed by atoms with Gasteiger partial charge in [-0.15, -0.1) is 0 Å². The maximum absolute atomic E-state index is 11.7.